The van der Waals surface area contributed by atoms with E-state index in [1.54, 1.807) is 19.9 Å². The molecule has 1 saturated heterocycles. The number of rotatable bonds is 4. The maximum atomic E-state index is 13.3. The monoisotopic (exact) mass is 318 g/mol. The molecule has 23 heavy (non-hydrogen) atoms. The van der Waals surface area contributed by atoms with E-state index in [-0.39, 0.29) is 24.1 Å². The van der Waals surface area contributed by atoms with Crippen molar-refractivity contribution in [2.45, 2.75) is 32.3 Å². The van der Waals surface area contributed by atoms with Crippen LogP contribution < -0.4 is 5.32 Å². The molecule has 3 rings (SSSR count). The van der Waals surface area contributed by atoms with Gasteiger partial charge in [-0.25, -0.2) is 4.39 Å². The van der Waals surface area contributed by atoms with Crippen LogP contribution >= 0.6 is 0 Å². The van der Waals surface area contributed by atoms with E-state index in [9.17, 15) is 14.0 Å². The molecule has 1 unspecified atom stereocenters. The molecule has 1 amide bonds. The van der Waals surface area contributed by atoms with Crippen LogP contribution in [0.15, 0.2) is 24.4 Å². The van der Waals surface area contributed by atoms with Crippen molar-refractivity contribution in [2.75, 3.05) is 6.54 Å². The van der Waals surface area contributed by atoms with Crippen LogP contribution in [-0.4, -0.2) is 29.0 Å². The van der Waals surface area contributed by atoms with Gasteiger partial charge < -0.3 is 15.0 Å². The number of aromatic nitrogens is 1. The van der Waals surface area contributed by atoms with Crippen molar-refractivity contribution in [2.24, 2.45) is 5.92 Å². The molecule has 1 fully saturated rings. The number of cyclic esters (lactones) is 1. The molecule has 2 aromatic rings. The van der Waals surface area contributed by atoms with E-state index in [2.05, 4.69) is 10.3 Å². The standard InChI is InChI=1S/C17H19FN2O3/c1-17(2)13(8-15(21)23-17)16(22)19-6-5-10-9-20-14-4-3-11(18)7-12(10)14/h3-4,7,9,13,20H,5-6,8H2,1-2H3,(H,19,22). The lowest BCUT2D eigenvalue weighted by Crippen LogP contribution is -2.41. The highest BCUT2D eigenvalue weighted by Gasteiger charge is 2.45. The summed E-state index contributed by atoms with van der Waals surface area (Å²) in [5.74, 6) is -1.30. The average Bonchev–Trinajstić information content (AvgIpc) is 2.98. The summed E-state index contributed by atoms with van der Waals surface area (Å²) < 4.78 is 18.5. The molecular formula is C17H19FN2O3. The highest BCUT2D eigenvalue weighted by atomic mass is 19.1. The molecule has 2 heterocycles. The summed E-state index contributed by atoms with van der Waals surface area (Å²) in [6.07, 6.45) is 2.51. The van der Waals surface area contributed by atoms with E-state index in [1.165, 1.54) is 12.1 Å². The zero-order valence-corrected chi connectivity index (χ0v) is 13.1. The third kappa shape index (κ3) is 3.06. The minimum atomic E-state index is -0.773. The summed E-state index contributed by atoms with van der Waals surface area (Å²) in [5.41, 5.74) is 1.03. The van der Waals surface area contributed by atoms with Crippen LogP contribution in [0, 0.1) is 11.7 Å². The first kappa shape index (κ1) is 15.5. The maximum absolute atomic E-state index is 13.3. The smallest absolute Gasteiger partial charge is 0.307 e. The molecule has 1 aliphatic rings. The topological polar surface area (TPSA) is 71.2 Å². The first-order valence-corrected chi connectivity index (χ1v) is 7.62. The van der Waals surface area contributed by atoms with Crippen molar-refractivity contribution in [3.8, 4) is 0 Å². The fraction of sp³-hybridized carbons (Fsp3) is 0.412. The Morgan fingerprint density at radius 2 is 2.26 bits per heavy atom. The van der Waals surface area contributed by atoms with Gasteiger partial charge in [0.15, 0.2) is 0 Å². The van der Waals surface area contributed by atoms with Crippen molar-refractivity contribution in [1.82, 2.24) is 10.3 Å². The lowest BCUT2D eigenvalue weighted by molar-refractivity contribution is -0.147. The second-order valence-electron chi connectivity index (χ2n) is 6.38. The first-order chi connectivity index (χ1) is 10.9. The number of halogens is 1. The Hall–Kier alpha value is -2.37. The van der Waals surface area contributed by atoms with Crippen molar-refractivity contribution in [1.29, 1.82) is 0 Å². The number of H-pyrrole nitrogens is 1. The highest BCUT2D eigenvalue weighted by Crippen LogP contribution is 2.32. The first-order valence-electron chi connectivity index (χ1n) is 7.62. The molecule has 6 heteroatoms. The van der Waals surface area contributed by atoms with Gasteiger partial charge in [-0.3, -0.25) is 9.59 Å². The Bertz CT molecular complexity index is 766. The summed E-state index contributed by atoms with van der Waals surface area (Å²) in [6, 6.07) is 4.58. The van der Waals surface area contributed by atoms with Crippen molar-refractivity contribution in [3.05, 3.63) is 35.8 Å². The minimum Gasteiger partial charge on any atom is -0.459 e. The van der Waals surface area contributed by atoms with Gasteiger partial charge in [-0.05, 0) is 44.0 Å². The molecule has 1 atom stereocenters. The van der Waals surface area contributed by atoms with Crippen LogP contribution in [0.3, 0.4) is 0 Å². The van der Waals surface area contributed by atoms with Gasteiger partial charge in [-0.15, -0.1) is 0 Å². The van der Waals surface area contributed by atoms with Gasteiger partial charge in [-0.2, -0.15) is 0 Å². The Morgan fingerprint density at radius 1 is 1.48 bits per heavy atom. The largest absolute Gasteiger partial charge is 0.459 e. The second-order valence-corrected chi connectivity index (χ2v) is 6.38. The lowest BCUT2D eigenvalue weighted by atomic mass is 9.90. The molecule has 1 aromatic heterocycles. The van der Waals surface area contributed by atoms with Crippen LogP contribution in [0.2, 0.25) is 0 Å². The van der Waals surface area contributed by atoms with Crippen molar-refractivity contribution in [3.63, 3.8) is 0 Å². The van der Waals surface area contributed by atoms with Gasteiger partial charge in [0.05, 0.1) is 12.3 Å². The molecular weight excluding hydrogens is 299 g/mol. The van der Waals surface area contributed by atoms with E-state index < -0.39 is 11.5 Å². The number of esters is 1. The van der Waals surface area contributed by atoms with Crippen LogP contribution in [-0.2, 0) is 20.7 Å². The predicted molar refractivity (Wildman–Crippen MR) is 83.2 cm³/mol. The molecule has 0 bridgehead atoms. The predicted octanol–water partition coefficient (Wildman–Crippen LogP) is 2.31. The van der Waals surface area contributed by atoms with Gasteiger partial charge in [0.25, 0.3) is 0 Å². The fourth-order valence-corrected chi connectivity index (χ4v) is 3.03. The second kappa shape index (κ2) is 5.68. The molecule has 0 spiro atoms. The third-order valence-electron chi connectivity index (χ3n) is 4.33. The Balaban J connectivity index is 1.61. The van der Waals surface area contributed by atoms with Crippen LogP contribution in [0.25, 0.3) is 10.9 Å². The van der Waals surface area contributed by atoms with E-state index in [0.717, 1.165) is 16.5 Å². The summed E-state index contributed by atoms with van der Waals surface area (Å²) in [4.78, 5) is 26.7. The minimum absolute atomic E-state index is 0.108. The normalized spacial score (nSPS) is 19.8. The van der Waals surface area contributed by atoms with E-state index in [0.29, 0.717) is 13.0 Å². The molecule has 0 radical (unpaired) electrons. The van der Waals surface area contributed by atoms with Crippen molar-refractivity contribution >= 4 is 22.8 Å². The number of benzene rings is 1. The molecule has 5 nitrogen and oxygen atoms in total. The number of hydrogen-bond donors (Lipinski definition) is 2. The van der Waals surface area contributed by atoms with E-state index >= 15 is 0 Å². The summed E-state index contributed by atoms with van der Waals surface area (Å²) >= 11 is 0. The van der Waals surface area contributed by atoms with Crippen molar-refractivity contribution < 1.29 is 18.7 Å². The Morgan fingerprint density at radius 3 is 2.96 bits per heavy atom. The maximum Gasteiger partial charge on any atom is 0.307 e. The Kier molecular flexibility index (Phi) is 3.83. The third-order valence-corrected chi connectivity index (χ3v) is 4.33. The number of fused-ring (bicyclic) bond motifs is 1. The quantitative estimate of drug-likeness (QED) is 0.850. The lowest BCUT2D eigenvalue weighted by Gasteiger charge is -2.23. The van der Waals surface area contributed by atoms with Gasteiger partial charge >= 0.3 is 5.97 Å². The molecule has 2 N–H and O–H groups in total. The summed E-state index contributed by atoms with van der Waals surface area (Å²) in [6.45, 7) is 3.90. The van der Waals surface area contributed by atoms with E-state index in [1.807, 2.05) is 6.20 Å². The molecule has 122 valence electrons. The number of ether oxygens (including phenoxy) is 1. The number of hydrogen-bond acceptors (Lipinski definition) is 3. The van der Waals surface area contributed by atoms with Gasteiger partial charge in [0, 0.05) is 23.6 Å². The van der Waals surface area contributed by atoms with Gasteiger partial charge in [0.2, 0.25) is 5.91 Å². The number of carbonyl (C=O) groups is 2. The van der Waals surface area contributed by atoms with Crippen LogP contribution in [0.5, 0.6) is 0 Å². The zero-order valence-electron chi connectivity index (χ0n) is 13.1. The average molecular weight is 318 g/mol. The molecule has 1 aliphatic heterocycles. The SMILES string of the molecule is CC1(C)OC(=O)CC1C(=O)NCCc1c[nH]c2ccc(F)cc12. The highest BCUT2D eigenvalue weighted by molar-refractivity contribution is 5.88. The summed E-state index contributed by atoms with van der Waals surface area (Å²) in [5, 5.41) is 3.66. The molecule has 0 saturated carbocycles. The number of amides is 1. The zero-order chi connectivity index (χ0) is 16.6. The fourth-order valence-electron chi connectivity index (χ4n) is 3.03. The summed E-state index contributed by atoms with van der Waals surface area (Å²) in [7, 11) is 0. The number of aromatic amines is 1. The molecule has 1 aromatic carbocycles. The van der Waals surface area contributed by atoms with E-state index in [4.69, 9.17) is 4.74 Å². The van der Waals surface area contributed by atoms with Gasteiger partial charge in [-0.1, -0.05) is 0 Å². The van der Waals surface area contributed by atoms with Gasteiger partial charge in [0.1, 0.15) is 11.4 Å². The number of nitrogens with one attached hydrogen (secondary N) is 2. The number of carbonyl (C=O) groups excluding carboxylic acids is 2. The van der Waals surface area contributed by atoms with Crippen LogP contribution in [0.4, 0.5) is 4.39 Å². The Labute approximate surface area is 133 Å². The molecule has 0 aliphatic carbocycles. The van der Waals surface area contributed by atoms with Crippen LogP contribution in [0.1, 0.15) is 25.8 Å².